The number of allylic oxidation sites excluding steroid dienone is 1. The first-order chi connectivity index (χ1) is 8.81. The number of anilines is 1. The molecule has 94 valence electrons. The summed E-state index contributed by atoms with van der Waals surface area (Å²) in [6.07, 6.45) is 5.97. The van der Waals surface area contributed by atoms with Gasteiger partial charge in [-0.25, -0.2) is 4.79 Å². The van der Waals surface area contributed by atoms with Gasteiger partial charge in [0.25, 0.3) is 0 Å². The second kappa shape index (κ2) is 6.00. The molecular weight excluding hydrogens is 228 g/mol. The van der Waals surface area contributed by atoms with Crippen molar-refractivity contribution in [3.05, 3.63) is 35.9 Å². The summed E-state index contributed by atoms with van der Waals surface area (Å²) < 4.78 is 0. The van der Waals surface area contributed by atoms with Crippen molar-refractivity contribution in [2.75, 3.05) is 18.4 Å². The Morgan fingerprint density at radius 3 is 2.67 bits per heavy atom. The molecule has 4 nitrogen and oxygen atoms in total. The zero-order valence-corrected chi connectivity index (χ0v) is 10.1. The minimum absolute atomic E-state index is 0.0700. The summed E-state index contributed by atoms with van der Waals surface area (Å²) in [5.41, 5.74) is 1.56. The molecule has 1 N–H and O–H groups in total. The number of carbonyl (C=O) groups excluding carboxylic acids is 2. The zero-order valence-electron chi connectivity index (χ0n) is 10.1. The van der Waals surface area contributed by atoms with Gasteiger partial charge in [-0.15, -0.1) is 0 Å². The van der Waals surface area contributed by atoms with E-state index < -0.39 is 0 Å². The largest absolute Gasteiger partial charge is 0.325 e. The number of rotatable bonds is 3. The lowest BCUT2D eigenvalue weighted by Crippen LogP contribution is -2.32. The van der Waals surface area contributed by atoms with Crippen LogP contribution < -0.4 is 5.32 Å². The molecule has 0 atom stereocenters. The van der Waals surface area contributed by atoms with Crippen LogP contribution in [0.5, 0.6) is 0 Å². The van der Waals surface area contributed by atoms with Gasteiger partial charge in [-0.3, -0.25) is 4.79 Å². The van der Waals surface area contributed by atoms with Crippen LogP contribution in [0, 0.1) is 0 Å². The van der Waals surface area contributed by atoms with Crippen molar-refractivity contribution in [3.8, 4) is 0 Å². The molecule has 0 bridgehead atoms. The van der Waals surface area contributed by atoms with Crippen LogP contribution in [0.2, 0.25) is 0 Å². The third-order valence-electron chi connectivity index (χ3n) is 2.95. The van der Waals surface area contributed by atoms with Gasteiger partial charge in [0, 0.05) is 18.8 Å². The minimum atomic E-state index is -0.0700. The SMILES string of the molecule is O=C/C=C/c1ccccc1NC(=O)N1CCCC1. The second-order valence-corrected chi connectivity index (χ2v) is 4.21. The highest BCUT2D eigenvalue weighted by molar-refractivity contribution is 5.92. The molecule has 1 aliphatic rings. The maximum atomic E-state index is 12.0. The molecule has 4 heteroatoms. The summed E-state index contributed by atoms with van der Waals surface area (Å²) in [7, 11) is 0. The molecule has 0 aromatic heterocycles. The number of nitrogens with one attached hydrogen (secondary N) is 1. The number of benzene rings is 1. The molecule has 1 saturated heterocycles. The van der Waals surface area contributed by atoms with E-state index in [9.17, 15) is 9.59 Å². The van der Waals surface area contributed by atoms with Crippen molar-refractivity contribution in [3.63, 3.8) is 0 Å². The van der Waals surface area contributed by atoms with Gasteiger partial charge in [0.05, 0.1) is 0 Å². The van der Waals surface area contributed by atoms with Crippen LogP contribution in [0.1, 0.15) is 18.4 Å². The van der Waals surface area contributed by atoms with E-state index in [-0.39, 0.29) is 6.03 Å². The first kappa shape index (κ1) is 12.4. The van der Waals surface area contributed by atoms with Gasteiger partial charge in [-0.2, -0.15) is 0 Å². The molecule has 1 aromatic carbocycles. The molecule has 18 heavy (non-hydrogen) atoms. The standard InChI is InChI=1S/C14H16N2O2/c17-11-5-7-12-6-1-2-8-13(12)15-14(18)16-9-3-4-10-16/h1-2,5-8,11H,3-4,9-10H2,(H,15,18)/b7-5+. The van der Waals surface area contributed by atoms with Gasteiger partial charge in [-0.05, 0) is 36.6 Å². The van der Waals surface area contributed by atoms with Crippen LogP contribution in [-0.2, 0) is 4.79 Å². The summed E-state index contributed by atoms with van der Waals surface area (Å²) in [6, 6.07) is 7.35. The lowest BCUT2D eigenvalue weighted by Gasteiger charge is -2.17. The smallest absolute Gasteiger partial charge is 0.321 e. The molecule has 0 saturated carbocycles. The number of urea groups is 1. The Labute approximate surface area is 106 Å². The van der Waals surface area contributed by atoms with E-state index in [1.807, 2.05) is 24.3 Å². The number of carbonyl (C=O) groups is 2. The molecule has 2 amide bonds. The summed E-state index contributed by atoms with van der Waals surface area (Å²) in [4.78, 5) is 24.1. The lowest BCUT2D eigenvalue weighted by molar-refractivity contribution is -0.104. The third-order valence-corrected chi connectivity index (χ3v) is 2.95. The number of aldehydes is 1. The van der Waals surface area contributed by atoms with Gasteiger partial charge in [0.15, 0.2) is 0 Å². The van der Waals surface area contributed by atoms with Crippen LogP contribution in [-0.4, -0.2) is 30.3 Å². The molecule has 1 heterocycles. The number of nitrogens with zero attached hydrogens (tertiary/aromatic N) is 1. The number of para-hydroxylation sites is 1. The highest BCUT2D eigenvalue weighted by Gasteiger charge is 2.18. The summed E-state index contributed by atoms with van der Waals surface area (Å²) >= 11 is 0. The molecule has 1 aliphatic heterocycles. The van der Waals surface area contributed by atoms with E-state index in [1.54, 1.807) is 11.0 Å². The number of amides is 2. The minimum Gasteiger partial charge on any atom is -0.325 e. The highest BCUT2D eigenvalue weighted by Crippen LogP contribution is 2.18. The fraction of sp³-hybridized carbons (Fsp3) is 0.286. The quantitative estimate of drug-likeness (QED) is 0.656. The normalized spacial score (nSPS) is 15.0. The van der Waals surface area contributed by atoms with Crippen molar-refractivity contribution in [1.29, 1.82) is 0 Å². The van der Waals surface area contributed by atoms with E-state index in [0.29, 0.717) is 0 Å². The second-order valence-electron chi connectivity index (χ2n) is 4.21. The Balaban J connectivity index is 2.10. The summed E-state index contributed by atoms with van der Waals surface area (Å²) in [6.45, 7) is 1.64. The maximum absolute atomic E-state index is 12.0. The van der Waals surface area contributed by atoms with Crippen LogP contribution >= 0.6 is 0 Å². The molecular formula is C14H16N2O2. The van der Waals surface area contributed by atoms with E-state index in [4.69, 9.17) is 0 Å². The molecule has 0 aliphatic carbocycles. The fourth-order valence-corrected chi connectivity index (χ4v) is 2.01. The molecule has 1 aromatic rings. The monoisotopic (exact) mass is 244 g/mol. The summed E-state index contributed by atoms with van der Waals surface area (Å²) in [5.74, 6) is 0. The van der Waals surface area contributed by atoms with Crippen LogP contribution in [0.3, 0.4) is 0 Å². The highest BCUT2D eigenvalue weighted by atomic mass is 16.2. The van der Waals surface area contributed by atoms with E-state index in [0.717, 1.165) is 43.5 Å². The number of hydrogen-bond acceptors (Lipinski definition) is 2. The van der Waals surface area contributed by atoms with E-state index >= 15 is 0 Å². The molecule has 1 fully saturated rings. The molecule has 0 unspecified atom stereocenters. The van der Waals surface area contributed by atoms with E-state index in [2.05, 4.69) is 5.32 Å². The predicted molar refractivity (Wildman–Crippen MR) is 71.4 cm³/mol. The van der Waals surface area contributed by atoms with Gasteiger partial charge in [-0.1, -0.05) is 18.2 Å². The number of hydrogen-bond donors (Lipinski definition) is 1. The third kappa shape index (κ3) is 2.97. The van der Waals surface area contributed by atoms with Gasteiger partial charge < -0.3 is 10.2 Å². The molecule has 2 rings (SSSR count). The summed E-state index contributed by atoms with van der Waals surface area (Å²) in [5, 5.41) is 2.88. The molecule has 0 spiro atoms. The van der Waals surface area contributed by atoms with E-state index in [1.165, 1.54) is 6.08 Å². The van der Waals surface area contributed by atoms with Gasteiger partial charge in [0.2, 0.25) is 0 Å². The molecule has 0 radical (unpaired) electrons. The fourth-order valence-electron chi connectivity index (χ4n) is 2.01. The Kier molecular flexibility index (Phi) is 4.12. The van der Waals surface area contributed by atoms with Crippen molar-refractivity contribution in [1.82, 2.24) is 4.90 Å². The van der Waals surface area contributed by atoms with Crippen molar-refractivity contribution in [2.24, 2.45) is 0 Å². The maximum Gasteiger partial charge on any atom is 0.321 e. The van der Waals surface area contributed by atoms with Crippen LogP contribution in [0.4, 0.5) is 10.5 Å². The van der Waals surface area contributed by atoms with Crippen LogP contribution in [0.25, 0.3) is 6.08 Å². The first-order valence-electron chi connectivity index (χ1n) is 6.08. The Bertz CT molecular complexity index is 463. The van der Waals surface area contributed by atoms with Crippen molar-refractivity contribution in [2.45, 2.75) is 12.8 Å². The Hall–Kier alpha value is -2.10. The Morgan fingerprint density at radius 2 is 1.94 bits per heavy atom. The predicted octanol–water partition coefficient (Wildman–Crippen LogP) is 2.53. The van der Waals surface area contributed by atoms with Crippen molar-refractivity contribution < 1.29 is 9.59 Å². The number of likely N-dealkylation sites (tertiary alicyclic amines) is 1. The first-order valence-corrected chi connectivity index (χ1v) is 6.08. The average molecular weight is 244 g/mol. The average Bonchev–Trinajstić information content (AvgIpc) is 2.91. The van der Waals surface area contributed by atoms with Gasteiger partial charge in [0.1, 0.15) is 6.29 Å². The topological polar surface area (TPSA) is 49.4 Å². The van der Waals surface area contributed by atoms with Crippen LogP contribution in [0.15, 0.2) is 30.3 Å². The Morgan fingerprint density at radius 1 is 1.22 bits per heavy atom. The van der Waals surface area contributed by atoms with Crippen molar-refractivity contribution >= 4 is 24.1 Å². The van der Waals surface area contributed by atoms with Gasteiger partial charge >= 0.3 is 6.03 Å². The lowest BCUT2D eigenvalue weighted by atomic mass is 10.1. The zero-order chi connectivity index (χ0) is 12.8.